The Morgan fingerprint density at radius 3 is 2.38 bits per heavy atom. The fourth-order valence-corrected chi connectivity index (χ4v) is 4.56. The second-order valence-electron chi connectivity index (χ2n) is 6.54. The van der Waals surface area contributed by atoms with Gasteiger partial charge in [0, 0.05) is 12.6 Å². The maximum Gasteiger partial charge on any atom is 0.266 e. The number of pyridine rings is 1. The molecule has 0 N–H and O–H groups in total. The van der Waals surface area contributed by atoms with Gasteiger partial charge in [0.05, 0.1) is 12.2 Å². The van der Waals surface area contributed by atoms with Crippen LogP contribution in [0.3, 0.4) is 0 Å². The smallest absolute Gasteiger partial charge is 0.266 e. The molecule has 4 aromatic rings. The van der Waals surface area contributed by atoms with Gasteiger partial charge >= 0.3 is 0 Å². The lowest BCUT2D eigenvalue weighted by molar-refractivity contribution is 0.589. The van der Waals surface area contributed by atoms with Gasteiger partial charge in [0.25, 0.3) is 10.0 Å². The summed E-state index contributed by atoms with van der Waals surface area (Å²) in [5, 5.41) is 8.15. The van der Waals surface area contributed by atoms with Gasteiger partial charge in [-0.15, -0.1) is 10.2 Å². The van der Waals surface area contributed by atoms with Crippen molar-refractivity contribution >= 4 is 21.4 Å². The number of fused-ring (bicyclic) bond motifs is 1. The lowest BCUT2D eigenvalue weighted by Gasteiger charge is -2.25. The molecular formula is C21H19FN4O2S. The first kappa shape index (κ1) is 19.1. The van der Waals surface area contributed by atoms with Crippen LogP contribution in [-0.2, 0) is 23.0 Å². The highest BCUT2D eigenvalue weighted by atomic mass is 32.2. The molecule has 0 saturated carbocycles. The van der Waals surface area contributed by atoms with Crippen LogP contribution < -0.4 is 4.31 Å². The summed E-state index contributed by atoms with van der Waals surface area (Å²) < 4.78 is 43.4. The van der Waals surface area contributed by atoms with E-state index >= 15 is 0 Å². The van der Waals surface area contributed by atoms with Crippen molar-refractivity contribution in [2.75, 3.05) is 4.31 Å². The highest BCUT2D eigenvalue weighted by molar-refractivity contribution is 7.92. The van der Waals surface area contributed by atoms with Gasteiger partial charge in [-0.3, -0.25) is 8.71 Å². The van der Waals surface area contributed by atoms with E-state index in [1.54, 1.807) is 53.1 Å². The zero-order valence-corrected chi connectivity index (χ0v) is 16.6. The van der Waals surface area contributed by atoms with Gasteiger partial charge in [-0.05, 0) is 42.0 Å². The lowest BCUT2D eigenvalue weighted by atomic mass is 10.2. The number of halogens is 1. The first-order valence-electron chi connectivity index (χ1n) is 9.15. The molecule has 0 atom stereocenters. The minimum atomic E-state index is -3.89. The number of aromatic nitrogens is 3. The van der Waals surface area contributed by atoms with E-state index in [0.29, 0.717) is 29.1 Å². The number of nitrogens with zero attached hydrogens (tertiary/aromatic N) is 4. The van der Waals surface area contributed by atoms with Crippen molar-refractivity contribution in [2.24, 2.45) is 0 Å². The van der Waals surface area contributed by atoms with Gasteiger partial charge in [-0.2, -0.15) is 0 Å². The topological polar surface area (TPSA) is 67.6 Å². The summed E-state index contributed by atoms with van der Waals surface area (Å²) in [6, 6.07) is 17.8. The maximum atomic E-state index is 13.6. The maximum absolute atomic E-state index is 13.6. The monoisotopic (exact) mass is 410 g/mol. The molecule has 0 spiro atoms. The molecule has 6 nitrogen and oxygen atoms in total. The Bertz CT molecular complexity index is 1240. The molecule has 0 fully saturated rings. The molecule has 8 heteroatoms. The second kappa shape index (κ2) is 7.63. The standard InChI is InChI=1S/C21H19FN4O2S/c1-2-20-23-24-21-13-12-19(15-25(20)21)29(27,28)26(18-6-4-3-5-7-18)14-16-8-10-17(22)11-9-16/h3-13,15H,2,14H2,1H3. The Labute approximate surface area is 168 Å². The molecule has 4 rings (SSSR count). The summed E-state index contributed by atoms with van der Waals surface area (Å²) >= 11 is 0. The number of benzene rings is 2. The summed E-state index contributed by atoms with van der Waals surface area (Å²) in [5.41, 5.74) is 1.79. The summed E-state index contributed by atoms with van der Waals surface area (Å²) in [5.74, 6) is 0.315. The van der Waals surface area contributed by atoms with Crippen molar-refractivity contribution in [3.63, 3.8) is 0 Å². The van der Waals surface area contributed by atoms with Crippen LogP contribution in [0.4, 0.5) is 10.1 Å². The van der Waals surface area contributed by atoms with Gasteiger partial charge in [0.15, 0.2) is 5.65 Å². The molecule has 148 valence electrons. The number of anilines is 1. The number of para-hydroxylation sites is 1. The van der Waals surface area contributed by atoms with E-state index in [0.717, 1.165) is 0 Å². The molecule has 0 aliphatic rings. The summed E-state index contributed by atoms with van der Waals surface area (Å²) in [6.45, 7) is 2.01. The zero-order chi connectivity index (χ0) is 20.4. The number of aryl methyl sites for hydroxylation is 1. The van der Waals surface area contributed by atoms with E-state index in [4.69, 9.17) is 0 Å². The highest BCUT2D eigenvalue weighted by Crippen LogP contribution is 2.26. The van der Waals surface area contributed by atoms with Crippen molar-refractivity contribution in [2.45, 2.75) is 24.8 Å². The second-order valence-corrected chi connectivity index (χ2v) is 8.40. The molecule has 0 aliphatic heterocycles. The Morgan fingerprint density at radius 2 is 1.69 bits per heavy atom. The largest absolute Gasteiger partial charge is 0.285 e. The number of hydrogen-bond donors (Lipinski definition) is 0. The molecule has 0 unspecified atom stereocenters. The molecule has 2 aromatic heterocycles. The highest BCUT2D eigenvalue weighted by Gasteiger charge is 2.26. The van der Waals surface area contributed by atoms with Crippen LogP contribution >= 0.6 is 0 Å². The Morgan fingerprint density at radius 1 is 0.966 bits per heavy atom. The van der Waals surface area contributed by atoms with Crippen LogP contribution in [0.25, 0.3) is 5.65 Å². The van der Waals surface area contributed by atoms with Crippen LogP contribution in [-0.4, -0.2) is 23.0 Å². The fourth-order valence-electron chi connectivity index (χ4n) is 3.10. The van der Waals surface area contributed by atoms with Crippen LogP contribution in [0, 0.1) is 5.82 Å². The molecule has 0 amide bonds. The molecule has 0 aliphatic carbocycles. The van der Waals surface area contributed by atoms with Gasteiger partial charge in [-0.1, -0.05) is 37.3 Å². The minimum Gasteiger partial charge on any atom is -0.285 e. The Balaban J connectivity index is 1.81. The zero-order valence-electron chi connectivity index (χ0n) is 15.7. The van der Waals surface area contributed by atoms with Crippen LogP contribution in [0.2, 0.25) is 0 Å². The number of rotatable bonds is 6. The van der Waals surface area contributed by atoms with Crippen molar-refractivity contribution in [3.8, 4) is 0 Å². The molecule has 2 aromatic carbocycles. The van der Waals surface area contributed by atoms with Crippen LogP contribution in [0.1, 0.15) is 18.3 Å². The first-order valence-corrected chi connectivity index (χ1v) is 10.6. The summed E-state index contributed by atoms with van der Waals surface area (Å²) in [7, 11) is -3.89. The fraction of sp³-hybridized carbons (Fsp3) is 0.143. The van der Waals surface area contributed by atoms with E-state index < -0.39 is 10.0 Å². The summed E-state index contributed by atoms with van der Waals surface area (Å²) in [6.07, 6.45) is 2.17. The van der Waals surface area contributed by atoms with Crippen molar-refractivity contribution in [1.29, 1.82) is 0 Å². The van der Waals surface area contributed by atoms with E-state index in [-0.39, 0.29) is 17.3 Å². The number of hydrogen-bond acceptors (Lipinski definition) is 4. The molecule has 0 bridgehead atoms. The Hall–Kier alpha value is -3.26. The number of sulfonamides is 1. The minimum absolute atomic E-state index is 0.0769. The molecular weight excluding hydrogens is 391 g/mol. The third kappa shape index (κ3) is 3.71. The van der Waals surface area contributed by atoms with Crippen LogP contribution in [0.15, 0.2) is 77.8 Å². The van der Waals surface area contributed by atoms with Gasteiger partial charge in [0.1, 0.15) is 16.5 Å². The van der Waals surface area contributed by atoms with Crippen molar-refractivity contribution in [1.82, 2.24) is 14.6 Å². The first-order chi connectivity index (χ1) is 14.0. The van der Waals surface area contributed by atoms with Crippen molar-refractivity contribution in [3.05, 3.63) is 90.1 Å². The third-order valence-corrected chi connectivity index (χ3v) is 6.39. The molecule has 0 saturated heterocycles. The van der Waals surface area contributed by atoms with Gasteiger partial charge < -0.3 is 0 Å². The lowest BCUT2D eigenvalue weighted by Crippen LogP contribution is -2.30. The SMILES string of the molecule is CCc1nnc2ccc(S(=O)(=O)N(Cc3ccc(F)cc3)c3ccccc3)cn12. The quantitative estimate of drug-likeness (QED) is 0.485. The summed E-state index contributed by atoms with van der Waals surface area (Å²) in [4.78, 5) is 0.130. The molecule has 29 heavy (non-hydrogen) atoms. The average Bonchev–Trinajstić information content (AvgIpc) is 3.16. The molecule has 2 heterocycles. The van der Waals surface area contributed by atoms with E-state index in [9.17, 15) is 12.8 Å². The predicted molar refractivity (Wildman–Crippen MR) is 109 cm³/mol. The normalized spacial score (nSPS) is 11.7. The predicted octanol–water partition coefficient (Wildman–Crippen LogP) is 3.83. The van der Waals surface area contributed by atoms with Crippen LogP contribution in [0.5, 0.6) is 0 Å². The third-order valence-electron chi connectivity index (χ3n) is 4.63. The Kier molecular flexibility index (Phi) is 5.02. The van der Waals surface area contributed by atoms with Gasteiger partial charge in [0.2, 0.25) is 0 Å². The average molecular weight is 410 g/mol. The van der Waals surface area contributed by atoms with Gasteiger partial charge in [-0.25, -0.2) is 12.8 Å². The molecule has 0 radical (unpaired) electrons. The van der Waals surface area contributed by atoms with Crippen molar-refractivity contribution < 1.29 is 12.8 Å². The van der Waals surface area contributed by atoms with E-state index in [1.807, 2.05) is 13.0 Å². The van der Waals surface area contributed by atoms with E-state index in [1.165, 1.54) is 22.5 Å². The van der Waals surface area contributed by atoms with E-state index in [2.05, 4.69) is 10.2 Å².